The number of benzene rings is 1. The zero-order chi connectivity index (χ0) is 13.8. The Balaban J connectivity index is 2.91. The molecule has 0 heterocycles. The summed E-state index contributed by atoms with van der Waals surface area (Å²) in [5.74, 6) is 4.18. The van der Waals surface area contributed by atoms with Crippen molar-refractivity contribution >= 4 is 5.91 Å². The molecule has 0 saturated carbocycles. The largest absolute Gasteiger partial charge is 0.507 e. The number of carbonyl (C=O) groups excluding carboxylic acids is 1. The number of alkyl halides is 3. The van der Waals surface area contributed by atoms with Crippen LogP contribution in [0.25, 0.3) is 0 Å². The van der Waals surface area contributed by atoms with Gasteiger partial charge in [-0.3, -0.25) is 4.79 Å². The first-order valence-electron chi connectivity index (χ1n) is 4.94. The first-order valence-corrected chi connectivity index (χ1v) is 4.94. The standard InChI is InChI=1S/C12H10F3NO2/c1-8(17)16-6-2-3-9-7-10(12(13,14)15)4-5-11(9)18/h4-5,7,18H,6H2,1H3,(H,16,17). The minimum absolute atomic E-state index is 0.00498. The molecule has 0 unspecified atom stereocenters. The van der Waals surface area contributed by atoms with Crippen LogP contribution in [-0.4, -0.2) is 17.6 Å². The number of carbonyl (C=O) groups is 1. The predicted octanol–water partition coefficient (Wildman–Crippen LogP) is 1.90. The third kappa shape index (κ3) is 4.01. The van der Waals surface area contributed by atoms with Crippen LogP contribution in [0.4, 0.5) is 13.2 Å². The number of hydrogen-bond donors (Lipinski definition) is 2. The second-order valence-corrected chi connectivity index (χ2v) is 3.44. The summed E-state index contributed by atoms with van der Waals surface area (Å²) in [4.78, 5) is 10.5. The van der Waals surface area contributed by atoms with E-state index in [0.717, 1.165) is 18.2 Å². The summed E-state index contributed by atoms with van der Waals surface area (Å²) in [5.41, 5.74) is -1.01. The summed E-state index contributed by atoms with van der Waals surface area (Å²) < 4.78 is 37.2. The Morgan fingerprint density at radius 2 is 2.11 bits per heavy atom. The van der Waals surface area contributed by atoms with Crippen LogP contribution < -0.4 is 5.32 Å². The normalized spacial score (nSPS) is 10.4. The number of amides is 1. The fourth-order valence-electron chi connectivity index (χ4n) is 1.12. The number of phenols is 1. The van der Waals surface area contributed by atoms with Crippen LogP contribution in [0.3, 0.4) is 0 Å². The lowest BCUT2D eigenvalue weighted by molar-refractivity contribution is -0.137. The Morgan fingerprint density at radius 1 is 1.44 bits per heavy atom. The van der Waals surface area contributed by atoms with Gasteiger partial charge >= 0.3 is 6.18 Å². The van der Waals surface area contributed by atoms with Crippen LogP contribution in [-0.2, 0) is 11.0 Å². The first kappa shape index (κ1) is 13.9. The van der Waals surface area contributed by atoms with Crippen LogP contribution in [0.2, 0.25) is 0 Å². The van der Waals surface area contributed by atoms with Gasteiger partial charge in [-0.1, -0.05) is 11.8 Å². The molecule has 6 heteroatoms. The van der Waals surface area contributed by atoms with E-state index in [0.29, 0.717) is 0 Å². The van der Waals surface area contributed by atoms with Gasteiger partial charge in [-0.2, -0.15) is 13.2 Å². The summed E-state index contributed by atoms with van der Waals surface area (Å²) in [5, 5.41) is 11.7. The fraction of sp³-hybridized carbons (Fsp3) is 0.250. The quantitative estimate of drug-likeness (QED) is 0.755. The number of hydrogen-bond acceptors (Lipinski definition) is 2. The van der Waals surface area contributed by atoms with E-state index < -0.39 is 11.7 Å². The van der Waals surface area contributed by atoms with Gasteiger partial charge in [0.2, 0.25) is 5.91 Å². The van der Waals surface area contributed by atoms with Gasteiger partial charge in [-0.25, -0.2) is 0 Å². The van der Waals surface area contributed by atoms with Gasteiger partial charge in [-0.05, 0) is 18.2 Å². The monoisotopic (exact) mass is 257 g/mol. The van der Waals surface area contributed by atoms with Crippen molar-refractivity contribution in [1.29, 1.82) is 0 Å². The van der Waals surface area contributed by atoms with Crippen LogP contribution in [0.15, 0.2) is 18.2 Å². The van der Waals surface area contributed by atoms with Crippen molar-refractivity contribution in [2.24, 2.45) is 0 Å². The number of halogens is 3. The van der Waals surface area contributed by atoms with Crippen molar-refractivity contribution in [3.05, 3.63) is 29.3 Å². The van der Waals surface area contributed by atoms with E-state index in [1.165, 1.54) is 6.92 Å². The topological polar surface area (TPSA) is 49.3 Å². The third-order valence-corrected chi connectivity index (χ3v) is 1.97. The predicted molar refractivity (Wildman–Crippen MR) is 58.7 cm³/mol. The molecule has 0 aliphatic carbocycles. The fourth-order valence-corrected chi connectivity index (χ4v) is 1.12. The molecule has 0 aliphatic heterocycles. The van der Waals surface area contributed by atoms with E-state index >= 15 is 0 Å². The molecule has 0 radical (unpaired) electrons. The molecule has 0 atom stereocenters. The number of nitrogens with one attached hydrogen (secondary N) is 1. The molecule has 0 fully saturated rings. The van der Waals surface area contributed by atoms with E-state index in [1.54, 1.807) is 0 Å². The van der Waals surface area contributed by atoms with Gasteiger partial charge in [0.25, 0.3) is 0 Å². The Labute approximate surface area is 102 Å². The highest BCUT2D eigenvalue weighted by molar-refractivity contribution is 5.73. The molecule has 0 saturated heterocycles. The van der Waals surface area contributed by atoms with E-state index in [1.807, 2.05) is 0 Å². The minimum Gasteiger partial charge on any atom is -0.507 e. The Bertz CT molecular complexity index is 512. The highest BCUT2D eigenvalue weighted by Crippen LogP contribution is 2.31. The maximum absolute atomic E-state index is 12.4. The Kier molecular flexibility index (Phi) is 4.21. The highest BCUT2D eigenvalue weighted by Gasteiger charge is 2.30. The molecule has 0 aromatic heterocycles. The lowest BCUT2D eigenvalue weighted by Crippen LogP contribution is -2.19. The van der Waals surface area contributed by atoms with Crippen molar-refractivity contribution in [3.8, 4) is 17.6 Å². The average Bonchev–Trinajstić information content (AvgIpc) is 2.24. The van der Waals surface area contributed by atoms with Crippen molar-refractivity contribution in [2.75, 3.05) is 6.54 Å². The van der Waals surface area contributed by atoms with E-state index in [9.17, 15) is 23.1 Å². The van der Waals surface area contributed by atoms with E-state index in [-0.39, 0.29) is 23.8 Å². The van der Waals surface area contributed by atoms with Crippen LogP contribution in [0, 0.1) is 11.8 Å². The molecule has 3 nitrogen and oxygen atoms in total. The zero-order valence-corrected chi connectivity index (χ0v) is 9.43. The third-order valence-electron chi connectivity index (χ3n) is 1.97. The molecular formula is C12H10F3NO2. The minimum atomic E-state index is -4.48. The number of rotatable bonds is 1. The lowest BCUT2D eigenvalue weighted by atomic mass is 10.1. The SMILES string of the molecule is CC(=O)NCC#Cc1cc(C(F)(F)F)ccc1O. The number of phenolic OH excluding ortho intramolecular Hbond substituents is 1. The van der Waals surface area contributed by atoms with Crippen molar-refractivity contribution in [3.63, 3.8) is 0 Å². The maximum Gasteiger partial charge on any atom is 0.416 e. The van der Waals surface area contributed by atoms with Gasteiger partial charge in [0, 0.05) is 6.92 Å². The van der Waals surface area contributed by atoms with Crippen molar-refractivity contribution in [2.45, 2.75) is 13.1 Å². The van der Waals surface area contributed by atoms with Crippen molar-refractivity contribution in [1.82, 2.24) is 5.32 Å². The molecule has 1 rings (SSSR count). The van der Waals surface area contributed by atoms with E-state index in [4.69, 9.17) is 0 Å². The average molecular weight is 257 g/mol. The molecule has 0 spiro atoms. The zero-order valence-electron chi connectivity index (χ0n) is 9.43. The maximum atomic E-state index is 12.4. The van der Waals surface area contributed by atoms with Crippen LogP contribution in [0.5, 0.6) is 5.75 Å². The molecule has 1 aromatic rings. The van der Waals surface area contributed by atoms with Crippen LogP contribution >= 0.6 is 0 Å². The smallest absolute Gasteiger partial charge is 0.416 e. The second-order valence-electron chi connectivity index (χ2n) is 3.44. The Hall–Kier alpha value is -2.16. The van der Waals surface area contributed by atoms with Gasteiger partial charge < -0.3 is 10.4 Å². The lowest BCUT2D eigenvalue weighted by Gasteiger charge is -2.07. The van der Waals surface area contributed by atoms with Gasteiger partial charge in [-0.15, -0.1) is 0 Å². The van der Waals surface area contributed by atoms with E-state index in [2.05, 4.69) is 17.2 Å². The van der Waals surface area contributed by atoms with Gasteiger partial charge in [0.05, 0.1) is 17.7 Å². The van der Waals surface area contributed by atoms with Crippen LogP contribution in [0.1, 0.15) is 18.1 Å². The Morgan fingerprint density at radius 3 is 2.67 bits per heavy atom. The molecule has 18 heavy (non-hydrogen) atoms. The summed E-state index contributed by atoms with van der Waals surface area (Å²) in [7, 11) is 0. The summed E-state index contributed by atoms with van der Waals surface area (Å²) in [6, 6.07) is 2.47. The molecular weight excluding hydrogens is 247 g/mol. The summed E-state index contributed by atoms with van der Waals surface area (Å²) >= 11 is 0. The highest BCUT2D eigenvalue weighted by atomic mass is 19.4. The molecule has 0 aliphatic rings. The summed E-state index contributed by atoms with van der Waals surface area (Å²) in [6.07, 6.45) is -4.48. The first-order chi connectivity index (χ1) is 8.30. The summed E-state index contributed by atoms with van der Waals surface area (Å²) in [6.45, 7) is 1.30. The molecule has 1 aromatic carbocycles. The van der Waals surface area contributed by atoms with Gasteiger partial charge in [0.15, 0.2) is 0 Å². The van der Waals surface area contributed by atoms with Gasteiger partial charge in [0.1, 0.15) is 5.75 Å². The second kappa shape index (κ2) is 5.45. The molecule has 1 amide bonds. The molecule has 0 bridgehead atoms. The molecule has 2 N–H and O–H groups in total. The molecule has 96 valence electrons. The number of aromatic hydroxyl groups is 1. The van der Waals surface area contributed by atoms with Crippen molar-refractivity contribution < 1.29 is 23.1 Å².